The van der Waals surface area contributed by atoms with Gasteiger partial charge in [-0.3, -0.25) is 4.98 Å². The molecule has 0 aliphatic carbocycles. The van der Waals surface area contributed by atoms with Crippen molar-refractivity contribution in [3.63, 3.8) is 0 Å². The van der Waals surface area contributed by atoms with Crippen LogP contribution in [-0.4, -0.2) is 4.98 Å². The number of pyridine rings is 1. The number of halogens is 3. The molecule has 0 aliphatic heterocycles. The van der Waals surface area contributed by atoms with Crippen LogP contribution in [0.1, 0.15) is 11.1 Å². The van der Waals surface area contributed by atoms with E-state index in [9.17, 15) is 13.2 Å². The summed E-state index contributed by atoms with van der Waals surface area (Å²) < 4.78 is 37.5. The first-order chi connectivity index (χ1) is 7.98. The standard InChI is InChI=1S/C13H10F3N/c1-9-8-10(13(14,15)16)5-6-11(9)12-4-2-3-7-17-12/h2-8H,1H3. The van der Waals surface area contributed by atoms with Crippen LogP contribution in [0.5, 0.6) is 0 Å². The minimum atomic E-state index is -4.30. The van der Waals surface area contributed by atoms with Crippen LogP contribution in [0, 0.1) is 6.92 Å². The summed E-state index contributed by atoms with van der Waals surface area (Å²) in [4.78, 5) is 4.12. The number of aryl methyl sites for hydroxylation is 1. The van der Waals surface area contributed by atoms with Crippen LogP contribution in [0.4, 0.5) is 13.2 Å². The molecule has 0 saturated heterocycles. The van der Waals surface area contributed by atoms with E-state index in [-0.39, 0.29) is 0 Å². The molecule has 1 aromatic heterocycles. The molecule has 0 saturated carbocycles. The maximum absolute atomic E-state index is 12.5. The zero-order valence-corrected chi connectivity index (χ0v) is 9.12. The maximum atomic E-state index is 12.5. The lowest BCUT2D eigenvalue weighted by Gasteiger charge is -2.10. The molecule has 4 heteroatoms. The summed E-state index contributed by atoms with van der Waals surface area (Å²) in [5.74, 6) is 0. The highest BCUT2D eigenvalue weighted by Crippen LogP contribution is 2.32. The maximum Gasteiger partial charge on any atom is 0.416 e. The first kappa shape index (κ1) is 11.6. The summed E-state index contributed by atoms with van der Waals surface area (Å²) in [6.45, 7) is 1.65. The van der Waals surface area contributed by atoms with Crippen molar-refractivity contribution >= 4 is 0 Å². The monoisotopic (exact) mass is 237 g/mol. The Hall–Kier alpha value is -1.84. The second-order valence-electron chi connectivity index (χ2n) is 3.74. The number of nitrogens with zero attached hydrogens (tertiary/aromatic N) is 1. The van der Waals surface area contributed by atoms with Crippen LogP contribution in [-0.2, 0) is 6.18 Å². The first-order valence-electron chi connectivity index (χ1n) is 5.08. The van der Waals surface area contributed by atoms with Gasteiger partial charge in [0, 0.05) is 11.8 Å². The molecule has 0 fully saturated rings. The summed E-state index contributed by atoms with van der Waals surface area (Å²) in [6, 6.07) is 9.03. The molecule has 0 aliphatic rings. The van der Waals surface area contributed by atoms with E-state index >= 15 is 0 Å². The van der Waals surface area contributed by atoms with Crippen molar-refractivity contribution < 1.29 is 13.2 Å². The number of benzene rings is 1. The fourth-order valence-electron chi connectivity index (χ4n) is 1.65. The SMILES string of the molecule is Cc1cc(C(F)(F)F)ccc1-c1ccccn1. The van der Waals surface area contributed by atoms with Crippen LogP contribution in [0.3, 0.4) is 0 Å². The van der Waals surface area contributed by atoms with E-state index in [1.165, 1.54) is 6.07 Å². The van der Waals surface area contributed by atoms with Gasteiger partial charge in [-0.1, -0.05) is 12.1 Å². The quantitative estimate of drug-likeness (QED) is 0.728. The molecule has 2 rings (SSSR count). The van der Waals surface area contributed by atoms with Crippen LogP contribution < -0.4 is 0 Å². The lowest BCUT2D eigenvalue weighted by molar-refractivity contribution is -0.137. The predicted molar refractivity (Wildman–Crippen MR) is 59.4 cm³/mol. The fourth-order valence-corrected chi connectivity index (χ4v) is 1.65. The number of rotatable bonds is 1. The van der Waals surface area contributed by atoms with Crippen molar-refractivity contribution in [2.24, 2.45) is 0 Å². The molecule has 88 valence electrons. The van der Waals surface area contributed by atoms with Crippen LogP contribution in [0.2, 0.25) is 0 Å². The predicted octanol–water partition coefficient (Wildman–Crippen LogP) is 4.08. The smallest absolute Gasteiger partial charge is 0.256 e. The molecule has 1 aromatic carbocycles. The van der Waals surface area contributed by atoms with Gasteiger partial charge in [-0.15, -0.1) is 0 Å². The van der Waals surface area contributed by atoms with Gasteiger partial charge in [0.15, 0.2) is 0 Å². The Bertz CT molecular complexity index is 518. The average Bonchev–Trinajstić information content (AvgIpc) is 2.29. The number of alkyl halides is 3. The van der Waals surface area contributed by atoms with Gasteiger partial charge in [-0.05, 0) is 36.8 Å². The van der Waals surface area contributed by atoms with Crippen LogP contribution >= 0.6 is 0 Å². The van der Waals surface area contributed by atoms with Gasteiger partial charge in [0.1, 0.15) is 0 Å². The summed E-state index contributed by atoms with van der Waals surface area (Å²) >= 11 is 0. The fraction of sp³-hybridized carbons (Fsp3) is 0.154. The van der Waals surface area contributed by atoms with E-state index < -0.39 is 11.7 Å². The summed E-state index contributed by atoms with van der Waals surface area (Å²) in [6.07, 6.45) is -2.68. The first-order valence-corrected chi connectivity index (χ1v) is 5.08. The van der Waals surface area contributed by atoms with Crippen molar-refractivity contribution in [3.05, 3.63) is 53.7 Å². The third-order valence-electron chi connectivity index (χ3n) is 2.49. The Kier molecular flexibility index (Phi) is 2.88. The second-order valence-corrected chi connectivity index (χ2v) is 3.74. The van der Waals surface area contributed by atoms with E-state index in [0.29, 0.717) is 11.3 Å². The molecule has 1 heterocycles. The number of hydrogen-bond donors (Lipinski definition) is 0. The molecule has 0 atom stereocenters. The molecule has 0 radical (unpaired) electrons. The Balaban J connectivity index is 2.46. The topological polar surface area (TPSA) is 12.9 Å². The molecular weight excluding hydrogens is 227 g/mol. The van der Waals surface area contributed by atoms with Crippen molar-refractivity contribution in [2.75, 3.05) is 0 Å². The van der Waals surface area contributed by atoms with Crippen molar-refractivity contribution in [2.45, 2.75) is 13.1 Å². The highest BCUT2D eigenvalue weighted by Gasteiger charge is 2.30. The van der Waals surface area contributed by atoms with Crippen molar-refractivity contribution in [3.8, 4) is 11.3 Å². The molecular formula is C13H10F3N. The van der Waals surface area contributed by atoms with Gasteiger partial charge >= 0.3 is 6.18 Å². The lowest BCUT2D eigenvalue weighted by Crippen LogP contribution is -2.05. The van der Waals surface area contributed by atoms with Gasteiger partial charge in [-0.2, -0.15) is 13.2 Å². The average molecular weight is 237 g/mol. The molecule has 0 amide bonds. The second kappa shape index (κ2) is 4.20. The Morgan fingerprint density at radius 3 is 2.35 bits per heavy atom. The summed E-state index contributed by atoms with van der Waals surface area (Å²) in [7, 11) is 0. The molecule has 1 nitrogen and oxygen atoms in total. The Morgan fingerprint density at radius 1 is 1.06 bits per heavy atom. The van der Waals surface area contributed by atoms with Crippen LogP contribution in [0.25, 0.3) is 11.3 Å². The molecule has 0 unspecified atom stereocenters. The van der Waals surface area contributed by atoms with E-state index in [0.717, 1.165) is 17.7 Å². The number of hydrogen-bond acceptors (Lipinski definition) is 1. The molecule has 0 N–H and O–H groups in total. The van der Waals surface area contributed by atoms with E-state index in [1.54, 1.807) is 31.3 Å². The van der Waals surface area contributed by atoms with Gasteiger partial charge in [-0.25, -0.2) is 0 Å². The zero-order valence-electron chi connectivity index (χ0n) is 9.12. The molecule has 2 aromatic rings. The highest BCUT2D eigenvalue weighted by molar-refractivity contribution is 5.63. The normalized spacial score (nSPS) is 11.5. The summed E-state index contributed by atoms with van der Waals surface area (Å²) in [5, 5.41) is 0. The molecule has 17 heavy (non-hydrogen) atoms. The third-order valence-corrected chi connectivity index (χ3v) is 2.49. The van der Waals surface area contributed by atoms with Gasteiger partial charge in [0.2, 0.25) is 0 Å². The zero-order chi connectivity index (χ0) is 12.5. The Morgan fingerprint density at radius 2 is 1.82 bits per heavy atom. The van der Waals surface area contributed by atoms with E-state index in [2.05, 4.69) is 4.98 Å². The van der Waals surface area contributed by atoms with E-state index in [4.69, 9.17) is 0 Å². The van der Waals surface area contributed by atoms with Crippen molar-refractivity contribution in [1.29, 1.82) is 0 Å². The van der Waals surface area contributed by atoms with Gasteiger partial charge in [0.25, 0.3) is 0 Å². The van der Waals surface area contributed by atoms with Gasteiger partial charge < -0.3 is 0 Å². The van der Waals surface area contributed by atoms with Crippen molar-refractivity contribution in [1.82, 2.24) is 4.98 Å². The number of aromatic nitrogens is 1. The highest BCUT2D eigenvalue weighted by atomic mass is 19.4. The summed E-state index contributed by atoms with van der Waals surface area (Å²) in [5.41, 5.74) is 1.34. The van der Waals surface area contributed by atoms with E-state index in [1.807, 2.05) is 0 Å². The van der Waals surface area contributed by atoms with Crippen LogP contribution in [0.15, 0.2) is 42.6 Å². The third kappa shape index (κ3) is 2.46. The molecule has 0 bridgehead atoms. The molecule has 0 spiro atoms. The largest absolute Gasteiger partial charge is 0.416 e. The minimum Gasteiger partial charge on any atom is -0.256 e. The van der Waals surface area contributed by atoms with Gasteiger partial charge in [0.05, 0.1) is 11.3 Å². The lowest BCUT2D eigenvalue weighted by atomic mass is 10.0. The minimum absolute atomic E-state index is 0.568. The Labute approximate surface area is 96.9 Å².